The normalized spacial score (nSPS) is 19.1. The average Bonchev–Trinajstić information content (AvgIpc) is 2.60. The van der Waals surface area contributed by atoms with Crippen molar-refractivity contribution in [3.63, 3.8) is 0 Å². The first-order valence-corrected chi connectivity index (χ1v) is 9.04. The van der Waals surface area contributed by atoms with Crippen LogP contribution in [-0.4, -0.2) is 25.4 Å². The topological polar surface area (TPSA) is 24.8 Å². The third-order valence-corrected chi connectivity index (χ3v) is 5.16. The van der Waals surface area contributed by atoms with Crippen molar-refractivity contribution in [2.75, 3.05) is 18.6 Å². The molecule has 0 N–H and O–H groups in total. The first-order chi connectivity index (χ1) is 11.9. The summed E-state index contributed by atoms with van der Waals surface area (Å²) in [6.45, 7) is 10.3. The Morgan fingerprint density at radius 1 is 1.20 bits per heavy atom. The molecule has 1 aliphatic heterocycles. The van der Waals surface area contributed by atoms with E-state index in [0.717, 1.165) is 23.5 Å². The van der Waals surface area contributed by atoms with Gasteiger partial charge in [0.2, 0.25) is 0 Å². The van der Waals surface area contributed by atoms with Crippen LogP contribution in [0.4, 0.5) is 11.4 Å². The van der Waals surface area contributed by atoms with E-state index in [-0.39, 0.29) is 5.54 Å². The maximum Gasteiger partial charge on any atom is 0.119 e. The largest absolute Gasteiger partial charge is 0.497 e. The zero-order valence-electron chi connectivity index (χ0n) is 15.9. The molecule has 1 atom stereocenters. The Hall–Kier alpha value is -2.29. The van der Waals surface area contributed by atoms with Crippen molar-refractivity contribution in [3.05, 3.63) is 53.6 Å². The molecular formula is C22H28N2O. The second kappa shape index (κ2) is 6.91. The molecule has 132 valence electrons. The van der Waals surface area contributed by atoms with Gasteiger partial charge >= 0.3 is 0 Å². The van der Waals surface area contributed by atoms with E-state index in [1.807, 2.05) is 30.5 Å². The summed E-state index contributed by atoms with van der Waals surface area (Å²) >= 11 is 0. The monoisotopic (exact) mass is 336 g/mol. The van der Waals surface area contributed by atoms with Crippen molar-refractivity contribution in [3.8, 4) is 5.75 Å². The van der Waals surface area contributed by atoms with Gasteiger partial charge < -0.3 is 9.64 Å². The van der Waals surface area contributed by atoms with Crippen LogP contribution in [0.2, 0.25) is 0 Å². The van der Waals surface area contributed by atoms with Crippen LogP contribution in [0.25, 0.3) is 0 Å². The number of benzene rings is 2. The van der Waals surface area contributed by atoms with Crippen molar-refractivity contribution >= 4 is 17.6 Å². The average molecular weight is 336 g/mol. The van der Waals surface area contributed by atoms with Crippen molar-refractivity contribution in [2.45, 2.75) is 45.6 Å². The van der Waals surface area contributed by atoms with Gasteiger partial charge in [-0.1, -0.05) is 13.0 Å². The summed E-state index contributed by atoms with van der Waals surface area (Å²) in [6.07, 6.45) is 3.12. The fraction of sp³-hybridized carbons (Fsp3) is 0.409. The number of hydrogen-bond acceptors (Lipinski definition) is 3. The number of nitrogens with zero attached hydrogens (tertiary/aromatic N) is 2. The van der Waals surface area contributed by atoms with Gasteiger partial charge in [-0.3, -0.25) is 4.99 Å². The second-order valence-corrected chi connectivity index (χ2v) is 7.44. The summed E-state index contributed by atoms with van der Waals surface area (Å²) in [6, 6.07) is 14.5. The van der Waals surface area contributed by atoms with Gasteiger partial charge in [-0.25, -0.2) is 0 Å². The van der Waals surface area contributed by atoms with Gasteiger partial charge in [0, 0.05) is 24.0 Å². The molecule has 25 heavy (non-hydrogen) atoms. The van der Waals surface area contributed by atoms with Crippen LogP contribution in [0.3, 0.4) is 0 Å². The molecule has 0 fully saturated rings. The third kappa shape index (κ3) is 3.55. The number of hydrogen-bond donors (Lipinski definition) is 0. The minimum atomic E-state index is 0.208. The summed E-state index contributed by atoms with van der Waals surface area (Å²) in [5.74, 6) is 1.41. The van der Waals surface area contributed by atoms with Crippen LogP contribution < -0.4 is 9.64 Å². The fourth-order valence-corrected chi connectivity index (χ4v) is 4.01. The molecule has 0 aromatic heterocycles. The molecule has 0 spiro atoms. The maximum absolute atomic E-state index is 5.19. The van der Waals surface area contributed by atoms with Crippen molar-refractivity contribution in [2.24, 2.45) is 4.99 Å². The second-order valence-electron chi connectivity index (χ2n) is 7.44. The summed E-state index contributed by atoms with van der Waals surface area (Å²) in [7, 11) is 1.67. The van der Waals surface area contributed by atoms with Gasteiger partial charge in [-0.2, -0.15) is 0 Å². The molecule has 1 unspecified atom stereocenters. The van der Waals surface area contributed by atoms with Crippen molar-refractivity contribution < 1.29 is 4.74 Å². The SMILES string of the molecule is CCN1c2ccc(C=Nc3ccc(OC)cc3)cc2C(C)CC1(C)C. The minimum Gasteiger partial charge on any atom is -0.497 e. The molecule has 0 bridgehead atoms. The summed E-state index contributed by atoms with van der Waals surface area (Å²) in [5.41, 5.74) is 5.09. The molecule has 1 aliphatic rings. The van der Waals surface area contributed by atoms with Crippen LogP contribution >= 0.6 is 0 Å². The quantitative estimate of drug-likeness (QED) is 0.683. The molecule has 0 saturated heterocycles. The zero-order chi connectivity index (χ0) is 18.0. The number of ether oxygens (including phenoxy) is 1. The predicted molar refractivity (Wildman–Crippen MR) is 107 cm³/mol. The van der Waals surface area contributed by atoms with E-state index >= 15 is 0 Å². The van der Waals surface area contributed by atoms with E-state index in [9.17, 15) is 0 Å². The minimum absolute atomic E-state index is 0.208. The van der Waals surface area contributed by atoms with Crippen LogP contribution in [0, 0.1) is 0 Å². The van der Waals surface area contributed by atoms with Crippen LogP contribution in [0.15, 0.2) is 47.5 Å². The lowest BCUT2D eigenvalue weighted by molar-refractivity contribution is 0.381. The van der Waals surface area contributed by atoms with Gasteiger partial charge in [0.1, 0.15) is 5.75 Å². The van der Waals surface area contributed by atoms with Gasteiger partial charge in [-0.05, 0) is 80.6 Å². The Kier molecular flexibility index (Phi) is 4.85. The zero-order valence-corrected chi connectivity index (χ0v) is 15.9. The number of methoxy groups -OCH3 is 1. The Bertz CT molecular complexity index is 762. The highest BCUT2D eigenvalue weighted by Crippen LogP contribution is 2.43. The van der Waals surface area contributed by atoms with Crippen LogP contribution in [0.1, 0.15) is 51.2 Å². The van der Waals surface area contributed by atoms with E-state index in [1.165, 1.54) is 17.7 Å². The Labute approximate surface area is 151 Å². The summed E-state index contributed by atoms with van der Waals surface area (Å²) < 4.78 is 5.19. The molecule has 2 aromatic rings. The van der Waals surface area contributed by atoms with Gasteiger partial charge in [0.25, 0.3) is 0 Å². The molecule has 1 heterocycles. The molecular weight excluding hydrogens is 308 g/mol. The lowest BCUT2D eigenvalue weighted by Gasteiger charge is -2.47. The highest BCUT2D eigenvalue weighted by molar-refractivity contribution is 5.83. The van der Waals surface area contributed by atoms with Crippen molar-refractivity contribution in [1.29, 1.82) is 0 Å². The van der Waals surface area contributed by atoms with Crippen molar-refractivity contribution in [1.82, 2.24) is 0 Å². The van der Waals surface area contributed by atoms with E-state index in [4.69, 9.17) is 4.74 Å². The van der Waals surface area contributed by atoms with Gasteiger partial charge in [0.05, 0.1) is 12.8 Å². The third-order valence-electron chi connectivity index (χ3n) is 5.16. The van der Waals surface area contributed by atoms with E-state index in [0.29, 0.717) is 5.92 Å². The standard InChI is InChI=1S/C22H28N2O/c1-6-24-21-12-7-17(13-20(21)16(2)14-22(24,3)4)15-23-18-8-10-19(25-5)11-9-18/h7-13,15-16H,6,14H2,1-5H3. The highest BCUT2D eigenvalue weighted by atomic mass is 16.5. The van der Waals surface area contributed by atoms with E-state index in [2.05, 4.69) is 55.8 Å². The van der Waals surface area contributed by atoms with Gasteiger partial charge in [-0.15, -0.1) is 0 Å². The smallest absolute Gasteiger partial charge is 0.119 e. The van der Waals surface area contributed by atoms with E-state index in [1.54, 1.807) is 7.11 Å². The lowest BCUT2D eigenvalue weighted by atomic mass is 9.79. The summed E-state index contributed by atoms with van der Waals surface area (Å²) in [5, 5.41) is 0. The molecule has 3 rings (SSSR count). The Morgan fingerprint density at radius 2 is 1.92 bits per heavy atom. The number of anilines is 1. The predicted octanol–water partition coefficient (Wildman–Crippen LogP) is 5.56. The van der Waals surface area contributed by atoms with Gasteiger partial charge in [0.15, 0.2) is 0 Å². The highest BCUT2D eigenvalue weighted by Gasteiger charge is 2.35. The maximum atomic E-state index is 5.19. The first kappa shape index (κ1) is 17.5. The molecule has 2 aromatic carbocycles. The molecule has 0 aliphatic carbocycles. The Morgan fingerprint density at radius 3 is 2.56 bits per heavy atom. The van der Waals surface area contributed by atoms with Crippen LogP contribution in [-0.2, 0) is 0 Å². The van der Waals surface area contributed by atoms with E-state index < -0.39 is 0 Å². The molecule has 0 amide bonds. The summed E-state index contributed by atoms with van der Waals surface area (Å²) in [4.78, 5) is 7.12. The molecule has 3 nitrogen and oxygen atoms in total. The van der Waals surface area contributed by atoms with Crippen LogP contribution in [0.5, 0.6) is 5.75 Å². The number of fused-ring (bicyclic) bond motifs is 1. The lowest BCUT2D eigenvalue weighted by Crippen LogP contribution is -2.48. The molecule has 0 radical (unpaired) electrons. The number of aliphatic imine (C=N–C) groups is 1. The number of rotatable bonds is 4. The first-order valence-electron chi connectivity index (χ1n) is 9.04. The molecule has 3 heteroatoms. The fourth-order valence-electron chi connectivity index (χ4n) is 4.01. The molecule has 0 saturated carbocycles. The Balaban J connectivity index is 1.87.